The Labute approximate surface area is 154 Å². The third-order valence-corrected chi connectivity index (χ3v) is 2.27. The molecule has 1 aromatic carbocycles. The minimum absolute atomic E-state index is 0. The molecular weight excluding hydrogens is 374 g/mol. The Hall–Kier alpha value is -0.844. The molecule has 22 heavy (non-hydrogen) atoms. The maximum atomic E-state index is 13.2. The molecule has 0 saturated carbocycles. The zero-order chi connectivity index (χ0) is 15.7. The zero-order valence-corrected chi connectivity index (χ0v) is 14.9. The molecule has 0 heterocycles. The number of rotatable bonds is 4. The Kier molecular flexibility index (Phi) is 16.3. The molecule has 0 aliphatic carbocycles. The van der Waals surface area contributed by atoms with E-state index in [4.69, 9.17) is 5.26 Å². The first-order valence-electron chi connectivity index (χ1n) is 5.72. The van der Waals surface area contributed by atoms with Crippen LogP contribution in [0.5, 0.6) is 0 Å². The smallest absolute Gasteiger partial charge is 1.00 e. The van der Waals surface area contributed by atoms with Crippen LogP contribution in [0, 0.1) is 41.5 Å². The third-order valence-electron chi connectivity index (χ3n) is 2.27. The van der Waals surface area contributed by atoms with Crippen LogP contribution in [0.2, 0.25) is 0 Å². The predicted molar refractivity (Wildman–Crippen MR) is 75.4 cm³/mol. The van der Waals surface area contributed by atoms with Gasteiger partial charge in [0.1, 0.15) is 11.6 Å². The number of nitrogens with zero attached hydrogens (tertiary/aromatic N) is 1. The summed E-state index contributed by atoms with van der Waals surface area (Å²) in [6.45, 7) is 10.2. The summed E-state index contributed by atoms with van der Waals surface area (Å²) in [6.07, 6.45) is 3.94. The maximum Gasteiger partial charge on any atom is 2.00 e. The Bertz CT molecular complexity index is 512. The summed E-state index contributed by atoms with van der Waals surface area (Å²) >= 11 is 0. The fraction of sp³-hybridized carbons (Fsp3) is 0.200. The van der Waals surface area contributed by atoms with Crippen LogP contribution in [0.3, 0.4) is 0 Å². The first-order valence-corrected chi connectivity index (χ1v) is 5.72. The van der Waals surface area contributed by atoms with Crippen molar-refractivity contribution in [3.63, 3.8) is 0 Å². The minimum atomic E-state index is -1.65. The molecule has 0 saturated heterocycles. The molecule has 0 unspecified atom stereocenters. The van der Waals surface area contributed by atoms with Gasteiger partial charge in [-0.25, -0.2) is 17.6 Å². The number of benzene rings is 1. The van der Waals surface area contributed by atoms with Crippen LogP contribution in [0.4, 0.5) is 17.6 Å². The van der Waals surface area contributed by atoms with Gasteiger partial charge < -0.3 is 23.9 Å². The molecule has 0 atom stereocenters. The molecule has 7 heteroatoms. The monoisotopic (exact) mass is 387 g/mol. The molecule has 1 aromatic rings. The van der Waals surface area contributed by atoms with Crippen molar-refractivity contribution in [2.45, 2.75) is 19.3 Å². The number of halogens is 5. The van der Waals surface area contributed by atoms with E-state index in [0.717, 1.165) is 12.5 Å². The van der Waals surface area contributed by atoms with E-state index in [-0.39, 0.29) is 52.9 Å². The summed E-state index contributed by atoms with van der Waals surface area (Å²) in [6, 6.07) is 1.08. The average molecular weight is 388 g/mol. The van der Waals surface area contributed by atoms with Crippen molar-refractivity contribution in [2.24, 2.45) is 0 Å². The van der Waals surface area contributed by atoms with Crippen LogP contribution >= 0.6 is 0 Å². The Morgan fingerprint density at radius 3 is 1.68 bits per heavy atom. The minimum Gasteiger partial charge on any atom is -1.00 e. The van der Waals surface area contributed by atoms with Crippen molar-refractivity contribution in [3.05, 3.63) is 66.6 Å². The van der Waals surface area contributed by atoms with E-state index in [1.807, 2.05) is 0 Å². The first-order chi connectivity index (χ1) is 9.45. The van der Waals surface area contributed by atoms with Crippen molar-refractivity contribution in [1.82, 2.24) is 0 Å². The van der Waals surface area contributed by atoms with Crippen LogP contribution in [0.15, 0.2) is 25.3 Å². The molecule has 0 aromatic heterocycles. The van der Waals surface area contributed by atoms with Gasteiger partial charge in [-0.3, -0.25) is 0 Å². The second-order valence-corrected chi connectivity index (χ2v) is 3.63. The van der Waals surface area contributed by atoms with Gasteiger partial charge in [0.2, 0.25) is 0 Å². The molecule has 1 nitrogen and oxygen atoms in total. The SMILES string of the molecule is C=CCCc1c(F)c(F)c(C#N)c(F)c1F.C=CC[CH2-].[Br-].[Mg+2]. The largest absolute Gasteiger partial charge is 2.00 e. The van der Waals surface area contributed by atoms with Crippen molar-refractivity contribution in [2.75, 3.05) is 0 Å². The fourth-order valence-corrected chi connectivity index (χ4v) is 1.24. The van der Waals surface area contributed by atoms with Crippen molar-refractivity contribution >= 4 is 23.1 Å². The molecule has 0 fully saturated rings. The van der Waals surface area contributed by atoms with Gasteiger partial charge in [0.05, 0.1) is 0 Å². The van der Waals surface area contributed by atoms with Gasteiger partial charge in [-0.2, -0.15) is 11.7 Å². The predicted octanol–water partition coefficient (Wildman–Crippen LogP) is 1.25. The molecule has 1 rings (SSSR count). The summed E-state index contributed by atoms with van der Waals surface area (Å²) < 4.78 is 52.7. The van der Waals surface area contributed by atoms with E-state index < -0.39 is 34.4 Å². The molecule has 0 aliphatic rings. The van der Waals surface area contributed by atoms with E-state index in [1.165, 1.54) is 6.08 Å². The van der Waals surface area contributed by atoms with Gasteiger partial charge in [-0.05, 0) is 12.8 Å². The van der Waals surface area contributed by atoms with Crippen molar-refractivity contribution in [1.29, 1.82) is 5.26 Å². The summed E-state index contributed by atoms with van der Waals surface area (Å²) in [5.74, 6) is -6.34. The summed E-state index contributed by atoms with van der Waals surface area (Å²) in [5, 5.41) is 8.34. The van der Waals surface area contributed by atoms with Gasteiger partial charge >= 0.3 is 23.1 Å². The van der Waals surface area contributed by atoms with Crippen LogP contribution in [-0.2, 0) is 6.42 Å². The van der Waals surface area contributed by atoms with Crippen LogP contribution < -0.4 is 17.0 Å². The number of allylic oxidation sites excluding steroid dienone is 2. The van der Waals surface area contributed by atoms with Crippen molar-refractivity contribution < 1.29 is 34.5 Å². The average Bonchev–Trinajstić information content (AvgIpc) is 2.46. The van der Waals surface area contributed by atoms with Crippen molar-refractivity contribution in [3.8, 4) is 6.07 Å². The zero-order valence-electron chi connectivity index (χ0n) is 11.9. The second kappa shape index (κ2) is 13.8. The number of hydrogen-bond donors (Lipinski definition) is 0. The van der Waals surface area contributed by atoms with E-state index in [1.54, 1.807) is 6.08 Å². The third kappa shape index (κ3) is 6.94. The number of nitriles is 1. The fourth-order valence-electron chi connectivity index (χ4n) is 1.24. The molecule has 0 bridgehead atoms. The molecule has 116 valence electrons. The van der Waals surface area contributed by atoms with E-state index >= 15 is 0 Å². The van der Waals surface area contributed by atoms with Gasteiger partial charge in [0, 0.05) is 5.56 Å². The molecule has 0 spiro atoms. The van der Waals surface area contributed by atoms with Crippen LogP contribution in [0.1, 0.15) is 24.0 Å². The van der Waals surface area contributed by atoms with Gasteiger partial charge in [0.15, 0.2) is 23.3 Å². The first kappa shape index (κ1) is 26.1. The van der Waals surface area contributed by atoms with Crippen LogP contribution in [0.25, 0.3) is 0 Å². The number of hydrogen-bond acceptors (Lipinski definition) is 1. The van der Waals surface area contributed by atoms with E-state index in [2.05, 4.69) is 20.1 Å². The second-order valence-electron chi connectivity index (χ2n) is 3.63. The summed E-state index contributed by atoms with van der Waals surface area (Å²) in [5.41, 5.74) is -1.94. The Morgan fingerprint density at radius 1 is 1.00 bits per heavy atom. The normalized spacial score (nSPS) is 8.36. The van der Waals surface area contributed by atoms with E-state index in [9.17, 15) is 17.6 Å². The molecule has 0 N–H and O–H groups in total. The Balaban J connectivity index is -0.000000538. The molecular formula is C15H14BrF4MgN. The standard InChI is InChI=1S/C11H7F4N.C4H7.BrH.Mg/c1-2-3-4-6-8(12)10(14)7(5-16)11(15)9(6)13;1-3-4-2;;/h2H,1,3-4H2;3H,1-2,4H2;1H;/q;-1;;+2/p-1. The molecule has 0 amide bonds. The van der Waals surface area contributed by atoms with E-state index in [0.29, 0.717) is 0 Å². The van der Waals surface area contributed by atoms with Gasteiger partial charge in [-0.15, -0.1) is 19.2 Å². The molecule has 0 radical (unpaired) electrons. The van der Waals surface area contributed by atoms with Gasteiger partial charge in [-0.1, -0.05) is 6.08 Å². The van der Waals surface area contributed by atoms with Gasteiger partial charge in [0.25, 0.3) is 0 Å². The van der Waals surface area contributed by atoms with Crippen LogP contribution in [-0.4, -0.2) is 23.1 Å². The molecule has 0 aliphatic heterocycles. The summed E-state index contributed by atoms with van der Waals surface area (Å²) in [7, 11) is 0. The summed E-state index contributed by atoms with van der Waals surface area (Å²) in [4.78, 5) is 0. The topological polar surface area (TPSA) is 23.8 Å². The quantitative estimate of drug-likeness (QED) is 0.250. The Morgan fingerprint density at radius 2 is 1.41 bits per heavy atom. The maximum absolute atomic E-state index is 13.2.